The molecule has 0 radical (unpaired) electrons. The number of hydrogen-bond acceptors (Lipinski definition) is 2. The highest BCUT2D eigenvalue weighted by atomic mass is 35.5. The molecule has 0 aliphatic heterocycles. The molecule has 0 spiro atoms. The Morgan fingerprint density at radius 3 is 2.71 bits per heavy atom. The molecule has 0 saturated carbocycles. The number of aromatic nitrogens is 2. The van der Waals surface area contributed by atoms with Gasteiger partial charge >= 0.3 is 0 Å². The van der Waals surface area contributed by atoms with Crippen LogP contribution in [-0.4, -0.2) is 15.6 Å². The molecule has 0 amide bonds. The summed E-state index contributed by atoms with van der Waals surface area (Å²) in [6.07, 6.45) is 1.55. The summed E-state index contributed by atoms with van der Waals surface area (Å²) in [4.78, 5) is 11.5. The Hall–Kier alpha value is -1.68. The van der Waals surface area contributed by atoms with E-state index in [4.69, 9.17) is 11.6 Å². The van der Waals surface area contributed by atoms with Gasteiger partial charge in [-0.05, 0) is 18.2 Å². The molecular weight excluding hydrogens is 243 g/mol. The molecule has 1 aromatic heterocycles. The molecule has 0 saturated heterocycles. The lowest BCUT2D eigenvalue weighted by molar-refractivity contribution is 0.100. The molecule has 0 aliphatic carbocycles. The van der Waals surface area contributed by atoms with E-state index < -0.39 is 5.82 Å². The largest absolute Gasteiger partial charge is 0.293 e. The van der Waals surface area contributed by atoms with Gasteiger partial charge in [0.25, 0.3) is 0 Å². The number of benzene rings is 1. The molecule has 1 heterocycles. The van der Waals surface area contributed by atoms with E-state index in [0.29, 0.717) is 16.8 Å². The van der Waals surface area contributed by atoms with Crippen LogP contribution < -0.4 is 0 Å². The van der Waals surface area contributed by atoms with Crippen LogP contribution in [0.3, 0.4) is 0 Å². The first-order valence-corrected chi connectivity index (χ1v) is 5.37. The Morgan fingerprint density at radius 2 is 2.12 bits per heavy atom. The monoisotopic (exact) mass is 252 g/mol. The number of carbonyl (C=O) groups is 1. The van der Waals surface area contributed by atoms with Crippen molar-refractivity contribution in [2.24, 2.45) is 7.05 Å². The Balaban J connectivity index is 2.65. The highest BCUT2D eigenvalue weighted by Gasteiger charge is 2.16. The molecule has 88 valence electrons. The standard InChI is InChI=1S/C12H10ClFN2O/c1-7(17)12-10(6-15-16(12)2)9-4-3-8(14)5-11(9)13/h3-6H,1-2H3. The van der Waals surface area contributed by atoms with Gasteiger partial charge in [0, 0.05) is 25.1 Å². The van der Waals surface area contributed by atoms with Crippen LogP contribution in [0.15, 0.2) is 24.4 Å². The average molecular weight is 253 g/mol. The van der Waals surface area contributed by atoms with Gasteiger partial charge in [-0.2, -0.15) is 5.10 Å². The van der Waals surface area contributed by atoms with Crippen molar-refractivity contribution < 1.29 is 9.18 Å². The zero-order valence-electron chi connectivity index (χ0n) is 9.37. The molecule has 2 aromatic rings. The molecule has 0 fully saturated rings. The summed E-state index contributed by atoms with van der Waals surface area (Å²) in [6.45, 7) is 1.46. The summed E-state index contributed by atoms with van der Waals surface area (Å²) in [6, 6.07) is 4.06. The molecule has 1 aromatic carbocycles. The fourth-order valence-electron chi connectivity index (χ4n) is 1.76. The smallest absolute Gasteiger partial charge is 0.178 e. The Labute approximate surface area is 103 Å². The van der Waals surface area contributed by atoms with Crippen LogP contribution in [0.2, 0.25) is 5.02 Å². The maximum Gasteiger partial charge on any atom is 0.178 e. The predicted octanol–water partition coefficient (Wildman–Crippen LogP) is 3.08. The van der Waals surface area contributed by atoms with Gasteiger partial charge in [-0.25, -0.2) is 4.39 Å². The van der Waals surface area contributed by atoms with Crippen molar-refractivity contribution in [3.63, 3.8) is 0 Å². The van der Waals surface area contributed by atoms with Gasteiger partial charge in [-0.3, -0.25) is 9.48 Å². The van der Waals surface area contributed by atoms with Crippen LogP contribution in [-0.2, 0) is 7.05 Å². The lowest BCUT2D eigenvalue weighted by Gasteiger charge is -2.05. The van der Waals surface area contributed by atoms with E-state index in [0.717, 1.165) is 0 Å². The summed E-state index contributed by atoms with van der Waals surface area (Å²) in [5.41, 5.74) is 1.68. The molecule has 3 nitrogen and oxygen atoms in total. The molecule has 0 aliphatic rings. The van der Waals surface area contributed by atoms with Crippen molar-refractivity contribution in [3.8, 4) is 11.1 Å². The van der Waals surface area contributed by atoms with Gasteiger partial charge in [-0.15, -0.1) is 0 Å². The second-order valence-corrected chi connectivity index (χ2v) is 4.12. The number of halogens is 2. The second kappa shape index (κ2) is 4.30. The van der Waals surface area contributed by atoms with Crippen LogP contribution in [0, 0.1) is 5.82 Å². The first kappa shape index (κ1) is 11.8. The van der Waals surface area contributed by atoms with E-state index in [1.807, 2.05) is 0 Å². The van der Waals surface area contributed by atoms with Crippen LogP contribution in [0.4, 0.5) is 4.39 Å². The van der Waals surface area contributed by atoms with Gasteiger partial charge in [0.1, 0.15) is 11.5 Å². The minimum absolute atomic E-state index is 0.111. The van der Waals surface area contributed by atoms with Crippen LogP contribution in [0.5, 0.6) is 0 Å². The van der Waals surface area contributed by atoms with E-state index in [-0.39, 0.29) is 10.8 Å². The van der Waals surface area contributed by atoms with Crippen LogP contribution >= 0.6 is 11.6 Å². The number of nitrogens with zero attached hydrogens (tertiary/aromatic N) is 2. The second-order valence-electron chi connectivity index (χ2n) is 3.71. The van der Waals surface area contributed by atoms with E-state index in [2.05, 4.69) is 5.10 Å². The maximum absolute atomic E-state index is 13.0. The van der Waals surface area contributed by atoms with Crippen molar-refractivity contribution >= 4 is 17.4 Å². The van der Waals surface area contributed by atoms with Crippen molar-refractivity contribution in [1.82, 2.24) is 9.78 Å². The van der Waals surface area contributed by atoms with Crippen molar-refractivity contribution in [1.29, 1.82) is 0 Å². The van der Waals surface area contributed by atoms with E-state index in [9.17, 15) is 9.18 Å². The zero-order chi connectivity index (χ0) is 12.6. The number of Topliss-reactive ketones (excluding diaryl/α,β-unsaturated/α-hetero) is 1. The summed E-state index contributed by atoms with van der Waals surface area (Å²) in [5, 5.41) is 4.29. The SMILES string of the molecule is CC(=O)c1c(-c2ccc(F)cc2Cl)cnn1C. The molecule has 2 rings (SSSR count). The highest BCUT2D eigenvalue weighted by Crippen LogP contribution is 2.30. The van der Waals surface area contributed by atoms with Crippen molar-refractivity contribution in [2.45, 2.75) is 6.92 Å². The normalized spacial score (nSPS) is 10.6. The topological polar surface area (TPSA) is 34.9 Å². The van der Waals surface area contributed by atoms with Crippen LogP contribution in [0.1, 0.15) is 17.4 Å². The minimum atomic E-state index is -0.410. The predicted molar refractivity (Wildman–Crippen MR) is 63.6 cm³/mol. The summed E-state index contributed by atoms with van der Waals surface area (Å²) in [7, 11) is 1.68. The van der Waals surface area contributed by atoms with Gasteiger partial charge in [-0.1, -0.05) is 11.6 Å². The minimum Gasteiger partial charge on any atom is -0.293 e. The summed E-state index contributed by atoms with van der Waals surface area (Å²) >= 11 is 5.96. The van der Waals surface area contributed by atoms with Gasteiger partial charge in [0.2, 0.25) is 0 Å². The van der Waals surface area contributed by atoms with Gasteiger partial charge < -0.3 is 0 Å². The zero-order valence-corrected chi connectivity index (χ0v) is 10.1. The Morgan fingerprint density at radius 1 is 1.41 bits per heavy atom. The van der Waals surface area contributed by atoms with Crippen molar-refractivity contribution in [3.05, 3.63) is 40.9 Å². The Bertz CT molecular complexity index is 592. The molecule has 0 unspecified atom stereocenters. The quantitative estimate of drug-likeness (QED) is 0.770. The third-order valence-corrected chi connectivity index (χ3v) is 2.81. The molecule has 17 heavy (non-hydrogen) atoms. The number of ketones is 1. The van der Waals surface area contributed by atoms with E-state index in [1.54, 1.807) is 19.3 Å². The number of carbonyl (C=O) groups excluding carboxylic acids is 1. The van der Waals surface area contributed by atoms with Crippen molar-refractivity contribution in [2.75, 3.05) is 0 Å². The Kier molecular flexibility index (Phi) is 2.98. The molecular formula is C12H10ClFN2O. The maximum atomic E-state index is 13.0. The molecule has 0 bridgehead atoms. The average Bonchev–Trinajstić information content (AvgIpc) is 2.60. The van der Waals surface area contributed by atoms with E-state index in [1.165, 1.54) is 23.7 Å². The lowest BCUT2D eigenvalue weighted by atomic mass is 10.0. The molecule has 5 heteroatoms. The number of rotatable bonds is 2. The third kappa shape index (κ3) is 2.08. The van der Waals surface area contributed by atoms with Gasteiger partial charge in [0.05, 0.1) is 11.2 Å². The summed E-state index contributed by atoms with van der Waals surface area (Å²) in [5.74, 6) is -0.521. The summed E-state index contributed by atoms with van der Waals surface area (Å²) < 4.78 is 14.4. The third-order valence-electron chi connectivity index (χ3n) is 2.49. The fraction of sp³-hybridized carbons (Fsp3) is 0.167. The molecule has 0 N–H and O–H groups in total. The van der Waals surface area contributed by atoms with Crippen LogP contribution in [0.25, 0.3) is 11.1 Å². The number of aryl methyl sites for hydroxylation is 1. The lowest BCUT2D eigenvalue weighted by Crippen LogP contribution is -2.04. The van der Waals surface area contributed by atoms with Gasteiger partial charge in [0.15, 0.2) is 5.78 Å². The molecule has 0 atom stereocenters. The fourth-order valence-corrected chi connectivity index (χ4v) is 2.03. The first-order valence-electron chi connectivity index (χ1n) is 4.99. The van der Waals surface area contributed by atoms with E-state index >= 15 is 0 Å². The number of hydrogen-bond donors (Lipinski definition) is 0. The first-order chi connectivity index (χ1) is 8.00. The highest BCUT2D eigenvalue weighted by molar-refractivity contribution is 6.33.